The minimum absolute atomic E-state index is 0.0875. The van der Waals surface area contributed by atoms with Crippen molar-refractivity contribution in [2.45, 2.75) is 18.9 Å². The summed E-state index contributed by atoms with van der Waals surface area (Å²) in [6, 6.07) is 11.8. The average Bonchev–Trinajstić information content (AvgIpc) is 2.62. The molecule has 1 amide bonds. The van der Waals surface area contributed by atoms with Gasteiger partial charge in [-0.2, -0.15) is 0 Å². The third-order valence-electron chi connectivity index (χ3n) is 3.66. The zero-order chi connectivity index (χ0) is 19.1. The van der Waals surface area contributed by atoms with Gasteiger partial charge in [-0.1, -0.05) is 35.9 Å². The van der Waals surface area contributed by atoms with E-state index in [1.54, 1.807) is 30.3 Å². The Bertz CT molecular complexity index is 807. The van der Waals surface area contributed by atoms with Crippen LogP contribution >= 0.6 is 11.6 Å². The Hall–Kier alpha value is -2.93. The molecule has 2 rings (SSSR count). The maximum Gasteiger partial charge on any atom is 0.328 e. The van der Waals surface area contributed by atoms with Crippen LogP contribution in [0, 0.1) is 10.1 Å². The summed E-state index contributed by atoms with van der Waals surface area (Å²) >= 11 is 5.84. The fraction of sp³-hybridized carbons (Fsp3) is 0.222. The molecule has 0 saturated carbocycles. The first-order valence-corrected chi connectivity index (χ1v) is 8.12. The van der Waals surface area contributed by atoms with Crippen molar-refractivity contribution in [3.63, 3.8) is 0 Å². The minimum Gasteiger partial charge on any atom is -0.467 e. The number of esters is 1. The molecule has 1 N–H and O–H groups in total. The molecule has 0 heterocycles. The molecule has 0 fully saturated rings. The van der Waals surface area contributed by atoms with Gasteiger partial charge < -0.3 is 10.1 Å². The average molecular weight is 377 g/mol. The Balaban J connectivity index is 2.06. The molecule has 0 aromatic heterocycles. The number of ether oxygens (including phenoxy) is 1. The predicted molar refractivity (Wildman–Crippen MR) is 95.9 cm³/mol. The minimum atomic E-state index is -0.868. The van der Waals surface area contributed by atoms with Crippen LogP contribution in [0.3, 0.4) is 0 Å². The van der Waals surface area contributed by atoms with Crippen LogP contribution in [0.5, 0.6) is 0 Å². The molecule has 1 atom stereocenters. The molecule has 0 aliphatic carbocycles. The summed E-state index contributed by atoms with van der Waals surface area (Å²) in [5.41, 5.74) is 1.19. The number of hydrogen-bond acceptors (Lipinski definition) is 5. The summed E-state index contributed by atoms with van der Waals surface area (Å²) in [4.78, 5) is 34.5. The van der Waals surface area contributed by atoms with Gasteiger partial charge >= 0.3 is 5.97 Å². The molecule has 7 nitrogen and oxygen atoms in total. The first-order valence-electron chi connectivity index (χ1n) is 7.74. The van der Waals surface area contributed by atoms with Crippen molar-refractivity contribution in [3.8, 4) is 0 Å². The van der Waals surface area contributed by atoms with E-state index in [1.807, 2.05) is 0 Å². The summed E-state index contributed by atoms with van der Waals surface area (Å²) in [6.45, 7) is 0. The van der Waals surface area contributed by atoms with Crippen molar-refractivity contribution < 1.29 is 19.2 Å². The lowest BCUT2D eigenvalue weighted by Gasteiger charge is -2.16. The number of nitrogens with zero attached hydrogens (tertiary/aromatic N) is 1. The van der Waals surface area contributed by atoms with Gasteiger partial charge in [0.05, 0.1) is 18.5 Å². The molecule has 0 bridgehead atoms. The number of carbonyl (C=O) groups excluding carboxylic acids is 2. The molecule has 2 aromatic rings. The second-order valence-corrected chi connectivity index (χ2v) is 6.01. The van der Waals surface area contributed by atoms with Crippen molar-refractivity contribution in [1.82, 2.24) is 5.32 Å². The molecule has 0 spiro atoms. The Labute approximate surface area is 155 Å². The van der Waals surface area contributed by atoms with Crippen molar-refractivity contribution in [2.75, 3.05) is 7.11 Å². The topological polar surface area (TPSA) is 98.5 Å². The van der Waals surface area contributed by atoms with Crippen molar-refractivity contribution in [2.24, 2.45) is 0 Å². The Morgan fingerprint density at radius 2 is 1.88 bits per heavy atom. The number of rotatable bonds is 7. The van der Waals surface area contributed by atoms with E-state index in [1.165, 1.54) is 25.3 Å². The lowest BCUT2D eigenvalue weighted by atomic mass is 10.1. The van der Waals surface area contributed by atoms with E-state index in [4.69, 9.17) is 16.3 Å². The SMILES string of the molecule is COC(=O)[C@@H](Cc1ccc(Cl)cc1)NC(=O)Cc1cccc([N+](=O)[O-])c1. The molecular formula is C18H17ClN2O5. The van der Waals surface area contributed by atoms with Gasteiger partial charge in [0.25, 0.3) is 5.69 Å². The van der Waals surface area contributed by atoms with Crippen LogP contribution in [0.2, 0.25) is 5.02 Å². The maximum absolute atomic E-state index is 12.3. The van der Waals surface area contributed by atoms with Gasteiger partial charge in [0.1, 0.15) is 6.04 Å². The van der Waals surface area contributed by atoms with Crippen LogP contribution in [0.15, 0.2) is 48.5 Å². The lowest BCUT2D eigenvalue weighted by molar-refractivity contribution is -0.384. The van der Waals surface area contributed by atoms with Gasteiger partial charge in [0.15, 0.2) is 0 Å². The summed E-state index contributed by atoms with van der Waals surface area (Å²) < 4.78 is 4.74. The van der Waals surface area contributed by atoms with E-state index in [-0.39, 0.29) is 18.5 Å². The number of benzene rings is 2. The smallest absolute Gasteiger partial charge is 0.328 e. The highest BCUT2D eigenvalue weighted by Crippen LogP contribution is 2.14. The van der Waals surface area contributed by atoms with E-state index in [2.05, 4.69) is 5.32 Å². The molecule has 0 aliphatic heterocycles. The molecule has 0 radical (unpaired) electrons. The highest BCUT2D eigenvalue weighted by atomic mass is 35.5. The summed E-state index contributed by atoms with van der Waals surface area (Å²) in [5.74, 6) is -1.01. The number of nitro benzene ring substituents is 1. The van der Waals surface area contributed by atoms with Crippen molar-refractivity contribution in [1.29, 1.82) is 0 Å². The van der Waals surface area contributed by atoms with E-state index >= 15 is 0 Å². The van der Waals surface area contributed by atoms with Gasteiger partial charge in [0.2, 0.25) is 5.91 Å². The molecule has 136 valence electrons. The van der Waals surface area contributed by atoms with Crippen LogP contribution in [0.4, 0.5) is 5.69 Å². The van der Waals surface area contributed by atoms with Gasteiger partial charge in [-0.3, -0.25) is 14.9 Å². The molecular weight excluding hydrogens is 360 g/mol. The van der Waals surface area contributed by atoms with Gasteiger partial charge in [-0.15, -0.1) is 0 Å². The number of nitrogens with one attached hydrogen (secondary N) is 1. The number of non-ortho nitro benzene ring substituents is 1. The van der Waals surface area contributed by atoms with E-state index in [0.29, 0.717) is 10.6 Å². The molecule has 0 unspecified atom stereocenters. The van der Waals surface area contributed by atoms with Gasteiger partial charge in [-0.05, 0) is 23.3 Å². The second-order valence-electron chi connectivity index (χ2n) is 5.58. The number of hydrogen-bond donors (Lipinski definition) is 1. The number of carbonyl (C=O) groups is 2. The zero-order valence-corrected chi connectivity index (χ0v) is 14.7. The molecule has 26 heavy (non-hydrogen) atoms. The standard InChI is InChI=1S/C18H17ClN2O5/c1-26-18(23)16(10-12-5-7-14(19)8-6-12)20-17(22)11-13-3-2-4-15(9-13)21(24)25/h2-9,16H,10-11H2,1H3,(H,20,22)/t16-/m1/s1. The van der Waals surface area contributed by atoms with Crippen molar-refractivity contribution >= 4 is 29.2 Å². The van der Waals surface area contributed by atoms with E-state index < -0.39 is 22.8 Å². The number of nitro groups is 1. The highest BCUT2D eigenvalue weighted by molar-refractivity contribution is 6.30. The van der Waals surface area contributed by atoms with Gasteiger partial charge in [-0.25, -0.2) is 4.79 Å². The number of halogens is 1. The zero-order valence-electron chi connectivity index (χ0n) is 14.0. The van der Waals surface area contributed by atoms with Crippen LogP contribution < -0.4 is 5.32 Å². The van der Waals surface area contributed by atoms with E-state index in [0.717, 1.165) is 5.56 Å². The Morgan fingerprint density at radius 3 is 2.50 bits per heavy atom. The monoisotopic (exact) mass is 376 g/mol. The maximum atomic E-state index is 12.3. The number of methoxy groups -OCH3 is 1. The molecule has 0 saturated heterocycles. The summed E-state index contributed by atoms with van der Waals surface area (Å²) in [6.07, 6.45) is 0.153. The summed E-state index contributed by atoms with van der Waals surface area (Å²) in [7, 11) is 1.24. The van der Waals surface area contributed by atoms with Crippen LogP contribution in [0.1, 0.15) is 11.1 Å². The first-order chi connectivity index (χ1) is 12.4. The summed E-state index contributed by atoms with van der Waals surface area (Å²) in [5, 5.41) is 14.0. The quantitative estimate of drug-likeness (QED) is 0.455. The van der Waals surface area contributed by atoms with Crippen LogP contribution in [-0.2, 0) is 27.2 Å². The first kappa shape index (κ1) is 19.4. The van der Waals surface area contributed by atoms with Crippen molar-refractivity contribution in [3.05, 3.63) is 74.8 Å². The van der Waals surface area contributed by atoms with Crippen LogP contribution in [0.25, 0.3) is 0 Å². The fourth-order valence-corrected chi connectivity index (χ4v) is 2.53. The second kappa shape index (κ2) is 8.96. The molecule has 2 aromatic carbocycles. The normalized spacial score (nSPS) is 11.5. The van der Waals surface area contributed by atoms with Crippen LogP contribution in [-0.4, -0.2) is 30.0 Å². The molecule has 0 aliphatic rings. The fourth-order valence-electron chi connectivity index (χ4n) is 2.40. The molecule has 8 heteroatoms. The Morgan fingerprint density at radius 1 is 1.19 bits per heavy atom. The number of amides is 1. The predicted octanol–water partition coefficient (Wildman–Crippen LogP) is 2.69. The largest absolute Gasteiger partial charge is 0.467 e. The Kier molecular flexibility index (Phi) is 6.68. The third-order valence-corrected chi connectivity index (χ3v) is 3.91. The third kappa shape index (κ3) is 5.56. The van der Waals surface area contributed by atoms with E-state index in [9.17, 15) is 19.7 Å². The highest BCUT2D eigenvalue weighted by Gasteiger charge is 2.22. The van der Waals surface area contributed by atoms with Gasteiger partial charge in [0, 0.05) is 23.6 Å². The lowest BCUT2D eigenvalue weighted by Crippen LogP contribution is -2.43.